The maximum Gasteiger partial charge on any atom is 0.408 e. The number of hydrogen-bond acceptors (Lipinski definition) is 4. The number of para-hydroxylation sites is 1. The van der Waals surface area contributed by atoms with Crippen molar-refractivity contribution in [1.29, 1.82) is 0 Å². The molecule has 4 N–H and O–H groups in total. The van der Waals surface area contributed by atoms with Gasteiger partial charge in [-0.3, -0.25) is 0 Å². The largest absolute Gasteiger partial charge is 0.444 e. The van der Waals surface area contributed by atoms with Gasteiger partial charge in [0.15, 0.2) is 0 Å². The van der Waals surface area contributed by atoms with E-state index in [1.165, 1.54) is 0 Å². The van der Waals surface area contributed by atoms with Crippen LogP contribution in [-0.4, -0.2) is 39.5 Å². The number of nitrogens with one attached hydrogen (secondary N) is 2. The van der Waals surface area contributed by atoms with Crippen LogP contribution in [0.4, 0.5) is 4.79 Å². The van der Waals surface area contributed by atoms with Crippen molar-refractivity contribution in [1.82, 2.24) is 10.3 Å². The second kappa shape index (κ2) is 6.37. The number of aliphatic hydroxyl groups is 2. The van der Waals surface area contributed by atoms with Crippen molar-refractivity contribution < 1.29 is 19.7 Å². The van der Waals surface area contributed by atoms with Crippen molar-refractivity contribution in [3.05, 3.63) is 36.0 Å². The Bertz CT molecular complexity index is 612. The Morgan fingerprint density at radius 3 is 2.64 bits per heavy atom. The fourth-order valence-corrected chi connectivity index (χ4v) is 2.16. The Balaban J connectivity index is 2.11. The number of hydrogen-bond donors (Lipinski definition) is 4. The average molecular weight is 306 g/mol. The molecule has 0 aliphatic rings. The first-order chi connectivity index (χ1) is 10.3. The molecule has 6 nitrogen and oxygen atoms in total. The number of H-pyrrole nitrogens is 1. The highest BCUT2D eigenvalue weighted by molar-refractivity contribution is 5.80. The third-order valence-electron chi connectivity index (χ3n) is 3.15. The SMILES string of the molecule is CC(C)(C)OC(=O)N[C@@H](CO)[C@@H](O)c1cc2ccccc2[nH]1. The Morgan fingerprint density at radius 2 is 2.05 bits per heavy atom. The van der Waals surface area contributed by atoms with E-state index in [1.54, 1.807) is 26.8 Å². The molecule has 2 atom stereocenters. The molecule has 0 unspecified atom stereocenters. The number of carbonyl (C=O) groups is 1. The van der Waals surface area contributed by atoms with Gasteiger partial charge >= 0.3 is 6.09 Å². The fourth-order valence-electron chi connectivity index (χ4n) is 2.16. The summed E-state index contributed by atoms with van der Waals surface area (Å²) in [6, 6.07) is 8.52. The number of amides is 1. The molecular weight excluding hydrogens is 284 g/mol. The molecule has 0 fully saturated rings. The van der Waals surface area contributed by atoms with Crippen LogP contribution in [0.1, 0.15) is 32.6 Å². The smallest absolute Gasteiger partial charge is 0.408 e. The molecule has 0 radical (unpaired) electrons. The fraction of sp³-hybridized carbons (Fsp3) is 0.438. The van der Waals surface area contributed by atoms with Gasteiger partial charge in [0.05, 0.1) is 12.6 Å². The lowest BCUT2D eigenvalue weighted by Gasteiger charge is -2.25. The summed E-state index contributed by atoms with van der Waals surface area (Å²) in [4.78, 5) is 14.8. The molecule has 0 spiro atoms. The minimum Gasteiger partial charge on any atom is -0.444 e. The van der Waals surface area contributed by atoms with E-state index in [9.17, 15) is 15.0 Å². The monoisotopic (exact) mass is 306 g/mol. The summed E-state index contributed by atoms with van der Waals surface area (Å²) in [6.45, 7) is 4.83. The first-order valence-electron chi connectivity index (χ1n) is 7.16. The van der Waals surface area contributed by atoms with Crippen molar-refractivity contribution in [2.45, 2.75) is 38.5 Å². The molecule has 0 aliphatic carbocycles. The van der Waals surface area contributed by atoms with E-state index >= 15 is 0 Å². The first kappa shape index (κ1) is 16.3. The van der Waals surface area contributed by atoms with Crippen LogP contribution in [0.15, 0.2) is 30.3 Å². The maximum atomic E-state index is 11.8. The number of aromatic nitrogens is 1. The summed E-state index contributed by atoms with van der Waals surface area (Å²) in [6.07, 6.45) is -1.74. The number of rotatable bonds is 4. The summed E-state index contributed by atoms with van der Waals surface area (Å²) in [5, 5.41) is 23.2. The van der Waals surface area contributed by atoms with Gasteiger partial charge in [0.25, 0.3) is 0 Å². The number of aliphatic hydroxyl groups excluding tert-OH is 2. The van der Waals surface area contributed by atoms with Gasteiger partial charge in [0.1, 0.15) is 11.7 Å². The molecule has 0 aliphatic heterocycles. The van der Waals surface area contributed by atoms with Gasteiger partial charge in [-0.2, -0.15) is 0 Å². The maximum absolute atomic E-state index is 11.8. The lowest BCUT2D eigenvalue weighted by molar-refractivity contribution is 0.0344. The molecule has 0 saturated heterocycles. The lowest BCUT2D eigenvalue weighted by atomic mass is 10.1. The topological polar surface area (TPSA) is 94.6 Å². The van der Waals surface area contributed by atoms with Gasteiger partial charge in [-0.25, -0.2) is 4.79 Å². The summed E-state index contributed by atoms with van der Waals surface area (Å²) in [5.74, 6) is 0. The number of aromatic amines is 1. The summed E-state index contributed by atoms with van der Waals surface area (Å²) in [7, 11) is 0. The van der Waals surface area contributed by atoms with Gasteiger partial charge < -0.3 is 25.3 Å². The zero-order valence-electron chi connectivity index (χ0n) is 13.0. The lowest BCUT2D eigenvalue weighted by Crippen LogP contribution is -2.44. The van der Waals surface area contributed by atoms with Crippen molar-refractivity contribution in [3.63, 3.8) is 0 Å². The minimum absolute atomic E-state index is 0.407. The summed E-state index contributed by atoms with van der Waals surface area (Å²) >= 11 is 0. The second-order valence-electron chi connectivity index (χ2n) is 6.19. The zero-order chi connectivity index (χ0) is 16.3. The average Bonchev–Trinajstić information content (AvgIpc) is 2.86. The first-order valence-corrected chi connectivity index (χ1v) is 7.16. The molecule has 1 aromatic carbocycles. The van der Waals surface area contributed by atoms with E-state index in [0.29, 0.717) is 5.69 Å². The van der Waals surface area contributed by atoms with E-state index in [1.807, 2.05) is 24.3 Å². The van der Waals surface area contributed by atoms with Crippen molar-refractivity contribution in [2.75, 3.05) is 6.61 Å². The van der Waals surface area contributed by atoms with Crippen molar-refractivity contribution in [2.24, 2.45) is 0 Å². The van der Waals surface area contributed by atoms with Gasteiger partial charge in [0.2, 0.25) is 0 Å². The molecule has 22 heavy (non-hydrogen) atoms. The van der Waals surface area contributed by atoms with Crippen LogP contribution in [0, 0.1) is 0 Å². The molecule has 120 valence electrons. The molecule has 1 amide bonds. The number of fused-ring (bicyclic) bond motifs is 1. The third kappa shape index (κ3) is 3.99. The van der Waals surface area contributed by atoms with Crippen LogP contribution >= 0.6 is 0 Å². The normalized spacial score (nSPS) is 14.6. The number of benzene rings is 1. The molecule has 2 rings (SSSR count). The Hall–Kier alpha value is -2.05. The van der Waals surface area contributed by atoms with Crippen molar-refractivity contribution in [3.8, 4) is 0 Å². The Morgan fingerprint density at radius 1 is 1.36 bits per heavy atom. The van der Waals surface area contributed by atoms with Crippen LogP contribution in [0.3, 0.4) is 0 Å². The number of ether oxygens (including phenoxy) is 1. The number of alkyl carbamates (subject to hydrolysis) is 1. The van der Waals surface area contributed by atoms with Crippen LogP contribution in [0.2, 0.25) is 0 Å². The zero-order valence-corrected chi connectivity index (χ0v) is 13.0. The van der Waals surface area contributed by atoms with Crippen LogP contribution in [0.25, 0.3) is 10.9 Å². The van der Waals surface area contributed by atoms with Crippen molar-refractivity contribution >= 4 is 17.0 Å². The van der Waals surface area contributed by atoms with E-state index in [4.69, 9.17) is 4.74 Å². The van der Waals surface area contributed by atoms with Crippen LogP contribution in [-0.2, 0) is 4.74 Å². The van der Waals surface area contributed by atoms with E-state index in [2.05, 4.69) is 10.3 Å². The highest BCUT2D eigenvalue weighted by Crippen LogP contribution is 2.22. The van der Waals surface area contributed by atoms with Crippen LogP contribution in [0.5, 0.6) is 0 Å². The van der Waals surface area contributed by atoms with Gasteiger partial charge in [-0.1, -0.05) is 18.2 Å². The van der Waals surface area contributed by atoms with Gasteiger partial charge in [-0.15, -0.1) is 0 Å². The van der Waals surface area contributed by atoms with Gasteiger partial charge in [-0.05, 0) is 38.3 Å². The van der Waals surface area contributed by atoms with Gasteiger partial charge in [0, 0.05) is 11.2 Å². The Labute approximate surface area is 129 Å². The minimum atomic E-state index is -1.06. The highest BCUT2D eigenvalue weighted by atomic mass is 16.6. The predicted octanol–water partition coefficient (Wildman–Crippen LogP) is 2.09. The summed E-state index contributed by atoms with van der Waals surface area (Å²) in [5.41, 5.74) is 0.762. The standard InChI is InChI=1S/C16H22N2O4/c1-16(2,3)22-15(21)18-13(9-19)14(20)12-8-10-6-4-5-7-11(10)17-12/h4-8,13-14,17,19-20H,9H2,1-3H3,(H,18,21)/t13-,14-/m0/s1. The quantitative estimate of drug-likeness (QED) is 0.695. The van der Waals surface area contributed by atoms with Crippen LogP contribution < -0.4 is 5.32 Å². The Kier molecular flexibility index (Phi) is 4.73. The summed E-state index contributed by atoms with van der Waals surface area (Å²) < 4.78 is 5.13. The molecule has 2 aromatic rings. The third-order valence-corrected chi connectivity index (χ3v) is 3.15. The molecule has 1 heterocycles. The molecular formula is C16H22N2O4. The second-order valence-corrected chi connectivity index (χ2v) is 6.19. The molecule has 0 bridgehead atoms. The molecule has 1 aromatic heterocycles. The van der Waals surface area contributed by atoms with E-state index in [0.717, 1.165) is 10.9 Å². The van der Waals surface area contributed by atoms with E-state index in [-0.39, 0.29) is 0 Å². The highest BCUT2D eigenvalue weighted by Gasteiger charge is 2.26. The number of carbonyl (C=O) groups excluding carboxylic acids is 1. The predicted molar refractivity (Wildman–Crippen MR) is 83.5 cm³/mol. The van der Waals surface area contributed by atoms with E-state index < -0.39 is 30.4 Å². The molecule has 0 saturated carbocycles. The molecule has 6 heteroatoms.